The Morgan fingerprint density at radius 2 is 1.86 bits per heavy atom. The maximum Gasteiger partial charge on any atom is 0.271 e. The summed E-state index contributed by atoms with van der Waals surface area (Å²) >= 11 is 0. The number of imidazole rings is 1. The number of ether oxygens (including phenoxy) is 1. The predicted octanol–water partition coefficient (Wildman–Crippen LogP) is 0.121. The third-order valence-corrected chi connectivity index (χ3v) is 4.18. The molecule has 3 heterocycles. The summed E-state index contributed by atoms with van der Waals surface area (Å²) < 4.78 is 5.27. The molecule has 2 amide bonds. The Hall–Kier alpha value is -1.89. The zero-order valence-electron chi connectivity index (χ0n) is 12.0. The summed E-state index contributed by atoms with van der Waals surface area (Å²) in [7, 11) is 0. The highest BCUT2D eigenvalue weighted by Crippen LogP contribution is 2.21. The highest BCUT2D eigenvalue weighted by Gasteiger charge is 2.31. The quantitative estimate of drug-likeness (QED) is 0.840. The number of H-pyrrole nitrogens is 1. The lowest BCUT2D eigenvalue weighted by molar-refractivity contribution is -0.141. The number of carbonyl (C=O) groups excluding carboxylic acids is 2. The number of nitrogens with zero attached hydrogens (tertiary/aromatic N) is 3. The summed E-state index contributed by atoms with van der Waals surface area (Å²) in [6.07, 6.45) is 4.50. The minimum absolute atomic E-state index is 0.0360. The average molecular weight is 292 g/mol. The van der Waals surface area contributed by atoms with Crippen molar-refractivity contribution in [1.29, 1.82) is 0 Å². The van der Waals surface area contributed by atoms with Crippen molar-refractivity contribution in [3.05, 3.63) is 18.2 Å². The fourth-order valence-electron chi connectivity index (χ4n) is 2.91. The second-order valence-electron chi connectivity index (χ2n) is 5.47. The molecule has 0 aromatic carbocycles. The van der Waals surface area contributed by atoms with Gasteiger partial charge in [0.05, 0.1) is 25.7 Å². The van der Waals surface area contributed by atoms with Crippen LogP contribution in [-0.4, -0.2) is 71.0 Å². The van der Waals surface area contributed by atoms with Crippen LogP contribution >= 0.6 is 0 Å². The fourth-order valence-corrected chi connectivity index (χ4v) is 2.91. The highest BCUT2D eigenvalue weighted by molar-refractivity contribution is 5.92. The lowest BCUT2D eigenvalue weighted by Crippen LogP contribution is -2.47. The van der Waals surface area contributed by atoms with Gasteiger partial charge in [-0.2, -0.15) is 0 Å². The van der Waals surface area contributed by atoms with E-state index in [1.165, 1.54) is 12.5 Å². The summed E-state index contributed by atoms with van der Waals surface area (Å²) in [6.45, 7) is 3.88. The number of aromatic amines is 1. The van der Waals surface area contributed by atoms with Crippen LogP contribution in [0.25, 0.3) is 0 Å². The molecule has 0 saturated carbocycles. The Labute approximate surface area is 123 Å². The summed E-state index contributed by atoms with van der Waals surface area (Å²) in [6, 6.07) is 0. The SMILES string of the molecule is O=C(c1cnc[nH]1)N1CCC(C(=O)N2CCOCC2)CC1. The summed E-state index contributed by atoms with van der Waals surface area (Å²) in [5.74, 6) is 0.214. The normalized spacial score (nSPS) is 20.6. The Balaban J connectivity index is 1.52. The van der Waals surface area contributed by atoms with Gasteiger partial charge in [0.15, 0.2) is 0 Å². The second-order valence-corrected chi connectivity index (χ2v) is 5.47. The van der Waals surface area contributed by atoms with Crippen LogP contribution in [0.5, 0.6) is 0 Å². The van der Waals surface area contributed by atoms with Gasteiger partial charge < -0.3 is 19.5 Å². The zero-order chi connectivity index (χ0) is 14.7. The van der Waals surface area contributed by atoms with Crippen molar-refractivity contribution in [2.75, 3.05) is 39.4 Å². The van der Waals surface area contributed by atoms with Gasteiger partial charge >= 0.3 is 0 Å². The van der Waals surface area contributed by atoms with E-state index in [1.54, 1.807) is 4.90 Å². The first-order valence-corrected chi connectivity index (χ1v) is 7.40. The third-order valence-electron chi connectivity index (χ3n) is 4.18. The molecule has 0 bridgehead atoms. The minimum atomic E-state index is -0.0372. The predicted molar refractivity (Wildman–Crippen MR) is 74.6 cm³/mol. The molecule has 0 aliphatic carbocycles. The van der Waals surface area contributed by atoms with Gasteiger partial charge in [-0.25, -0.2) is 4.98 Å². The largest absolute Gasteiger partial charge is 0.378 e. The van der Waals surface area contributed by atoms with E-state index in [4.69, 9.17) is 4.74 Å². The number of rotatable bonds is 2. The van der Waals surface area contributed by atoms with E-state index in [-0.39, 0.29) is 17.7 Å². The maximum absolute atomic E-state index is 12.4. The average Bonchev–Trinajstić information content (AvgIpc) is 3.09. The van der Waals surface area contributed by atoms with Crippen LogP contribution in [0.2, 0.25) is 0 Å². The number of amides is 2. The van der Waals surface area contributed by atoms with Crippen LogP contribution < -0.4 is 0 Å². The Morgan fingerprint density at radius 1 is 1.14 bits per heavy atom. The summed E-state index contributed by atoms with van der Waals surface area (Å²) in [5.41, 5.74) is 0.507. The Kier molecular flexibility index (Phi) is 4.19. The molecule has 114 valence electrons. The van der Waals surface area contributed by atoms with Gasteiger partial charge in [-0.15, -0.1) is 0 Å². The van der Waals surface area contributed by atoms with E-state index < -0.39 is 0 Å². The molecule has 2 aliphatic rings. The molecule has 0 spiro atoms. The van der Waals surface area contributed by atoms with Gasteiger partial charge in [0, 0.05) is 32.1 Å². The number of hydrogen-bond acceptors (Lipinski definition) is 4. The molecule has 2 aliphatic heterocycles. The van der Waals surface area contributed by atoms with Gasteiger partial charge in [0.25, 0.3) is 5.91 Å². The molecule has 7 nitrogen and oxygen atoms in total. The molecule has 0 radical (unpaired) electrons. The molecular weight excluding hydrogens is 272 g/mol. The third kappa shape index (κ3) is 3.07. The van der Waals surface area contributed by atoms with E-state index in [9.17, 15) is 9.59 Å². The van der Waals surface area contributed by atoms with Gasteiger partial charge in [-0.1, -0.05) is 0 Å². The standard InChI is InChI=1S/C14H20N4O3/c19-13(18-5-7-21-8-6-18)11-1-3-17(4-2-11)14(20)12-9-15-10-16-12/h9-11H,1-8H2,(H,15,16). The molecule has 21 heavy (non-hydrogen) atoms. The fraction of sp³-hybridized carbons (Fsp3) is 0.643. The lowest BCUT2D eigenvalue weighted by atomic mass is 9.95. The van der Waals surface area contributed by atoms with Crippen LogP contribution in [0.1, 0.15) is 23.3 Å². The molecule has 0 unspecified atom stereocenters. The maximum atomic E-state index is 12.4. The first-order chi connectivity index (χ1) is 10.3. The van der Waals surface area contributed by atoms with Crippen molar-refractivity contribution in [1.82, 2.24) is 19.8 Å². The number of morpholine rings is 1. The van der Waals surface area contributed by atoms with Crippen LogP contribution in [-0.2, 0) is 9.53 Å². The number of nitrogens with one attached hydrogen (secondary N) is 1. The highest BCUT2D eigenvalue weighted by atomic mass is 16.5. The molecule has 1 N–H and O–H groups in total. The van der Waals surface area contributed by atoms with Gasteiger partial charge in [-0.3, -0.25) is 9.59 Å². The summed E-state index contributed by atoms with van der Waals surface area (Å²) in [5, 5.41) is 0. The van der Waals surface area contributed by atoms with Crippen molar-refractivity contribution in [2.24, 2.45) is 5.92 Å². The summed E-state index contributed by atoms with van der Waals surface area (Å²) in [4.78, 5) is 35.0. The van der Waals surface area contributed by atoms with Crippen LogP contribution in [0.3, 0.4) is 0 Å². The van der Waals surface area contributed by atoms with Crippen LogP contribution in [0, 0.1) is 5.92 Å². The molecule has 2 fully saturated rings. The van der Waals surface area contributed by atoms with Gasteiger partial charge in [0.1, 0.15) is 5.69 Å². The van der Waals surface area contributed by atoms with E-state index in [1.807, 2.05) is 4.90 Å². The van der Waals surface area contributed by atoms with Gasteiger partial charge in [0.2, 0.25) is 5.91 Å². The first kappa shape index (κ1) is 14.1. The van der Waals surface area contributed by atoms with E-state index in [2.05, 4.69) is 9.97 Å². The molecule has 3 rings (SSSR count). The van der Waals surface area contributed by atoms with Gasteiger partial charge in [-0.05, 0) is 12.8 Å². The van der Waals surface area contributed by atoms with Crippen molar-refractivity contribution >= 4 is 11.8 Å². The number of carbonyl (C=O) groups is 2. The molecule has 1 aromatic rings. The smallest absolute Gasteiger partial charge is 0.271 e. The van der Waals surface area contributed by atoms with E-state index >= 15 is 0 Å². The van der Waals surface area contributed by atoms with E-state index in [0.29, 0.717) is 45.1 Å². The number of aromatic nitrogens is 2. The molecule has 0 atom stereocenters. The Morgan fingerprint density at radius 3 is 2.48 bits per heavy atom. The van der Waals surface area contributed by atoms with Crippen molar-refractivity contribution in [2.45, 2.75) is 12.8 Å². The number of piperidine rings is 1. The Bertz CT molecular complexity index is 488. The molecule has 2 saturated heterocycles. The van der Waals surface area contributed by atoms with Crippen molar-refractivity contribution in [3.8, 4) is 0 Å². The number of likely N-dealkylation sites (tertiary alicyclic amines) is 1. The lowest BCUT2D eigenvalue weighted by Gasteiger charge is -2.35. The molecule has 1 aromatic heterocycles. The van der Waals surface area contributed by atoms with Crippen LogP contribution in [0.4, 0.5) is 0 Å². The monoisotopic (exact) mass is 292 g/mol. The topological polar surface area (TPSA) is 78.5 Å². The molecule has 7 heteroatoms. The zero-order valence-corrected chi connectivity index (χ0v) is 12.0. The van der Waals surface area contributed by atoms with Crippen LogP contribution in [0.15, 0.2) is 12.5 Å². The first-order valence-electron chi connectivity index (χ1n) is 7.40. The number of hydrogen-bond donors (Lipinski definition) is 1. The van der Waals surface area contributed by atoms with E-state index in [0.717, 1.165) is 12.8 Å². The van der Waals surface area contributed by atoms with Crippen molar-refractivity contribution in [3.63, 3.8) is 0 Å². The molecular formula is C14H20N4O3. The van der Waals surface area contributed by atoms with Crippen molar-refractivity contribution < 1.29 is 14.3 Å². The minimum Gasteiger partial charge on any atom is -0.378 e. The second kappa shape index (κ2) is 6.26.